The third-order valence-corrected chi connectivity index (χ3v) is 6.78. The first kappa shape index (κ1) is 25.3. The maximum atomic E-state index is 13.9. The van der Waals surface area contributed by atoms with Crippen molar-refractivity contribution in [2.24, 2.45) is 0 Å². The van der Waals surface area contributed by atoms with Crippen LogP contribution in [-0.2, 0) is 27.3 Å². The number of halogens is 3. The van der Waals surface area contributed by atoms with Gasteiger partial charge in [-0.25, -0.2) is 26.4 Å². The predicted octanol–water partition coefficient (Wildman–Crippen LogP) is 4.89. The van der Waals surface area contributed by atoms with E-state index >= 15 is 0 Å². The van der Waals surface area contributed by atoms with Gasteiger partial charge in [-0.3, -0.25) is 0 Å². The standard InChI is InChI=1S/C24H22F3NO5S/c1-24(26,27)18-6-3-5-17(12-18)21-11-16(9-10-22(21)33-15-23(29)30)14-28(2)34(31,32)20-8-4-7-19(25)13-20/h3-13H,14-15H2,1-2H3,(H,29,30). The van der Waals surface area contributed by atoms with Gasteiger partial charge in [0.15, 0.2) is 6.61 Å². The highest BCUT2D eigenvalue weighted by Gasteiger charge is 2.25. The number of alkyl halides is 2. The van der Waals surface area contributed by atoms with E-state index < -0.39 is 34.3 Å². The molecule has 0 saturated carbocycles. The van der Waals surface area contributed by atoms with Crippen molar-refractivity contribution in [1.29, 1.82) is 0 Å². The molecular formula is C24H22F3NO5S. The van der Waals surface area contributed by atoms with Crippen molar-refractivity contribution in [2.75, 3.05) is 13.7 Å². The lowest BCUT2D eigenvalue weighted by molar-refractivity contribution is -0.139. The van der Waals surface area contributed by atoms with Crippen LogP contribution in [0.2, 0.25) is 0 Å². The number of sulfonamides is 1. The Morgan fingerprint density at radius 2 is 1.76 bits per heavy atom. The summed E-state index contributed by atoms with van der Waals surface area (Å²) in [6, 6.07) is 14.7. The van der Waals surface area contributed by atoms with Gasteiger partial charge < -0.3 is 9.84 Å². The summed E-state index contributed by atoms with van der Waals surface area (Å²) < 4.78 is 73.3. The summed E-state index contributed by atoms with van der Waals surface area (Å²) >= 11 is 0. The van der Waals surface area contributed by atoms with E-state index in [1.54, 1.807) is 12.1 Å². The van der Waals surface area contributed by atoms with Crippen molar-refractivity contribution in [2.45, 2.75) is 24.3 Å². The van der Waals surface area contributed by atoms with Gasteiger partial charge in [0, 0.05) is 31.6 Å². The molecule has 0 bridgehead atoms. The zero-order valence-corrected chi connectivity index (χ0v) is 19.2. The first-order valence-electron chi connectivity index (χ1n) is 10.1. The highest BCUT2D eigenvalue weighted by atomic mass is 32.2. The number of ether oxygens (including phenoxy) is 1. The second-order valence-corrected chi connectivity index (χ2v) is 9.75. The average Bonchev–Trinajstić information content (AvgIpc) is 2.77. The number of nitrogens with zero attached hydrogens (tertiary/aromatic N) is 1. The summed E-state index contributed by atoms with van der Waals surface area (Å²) in [5.41, 5.74) is 0.900. The van der Waals surface area contributed by atoms with Crippen LogP contribution in [0.4, 0.5) is 13.2 Å². The molecule has 0 amide bonds. The van der Waals surface area contributed by atoms with Gasteiger partial charge in [0.05, 0.1) is 4.90 Å². The van der Waals surface area contributed by atoms with E-state index in [0.29, 0.717) is 16.7 Å². The number of aliphatic carboxylic acids is 1. The number of benzene rings is 3. The number of carbonyl (C=O) groups is 1. The van der Waals surface area contributed by atoms with Gasteiger partial charge in [0.1, 0.15) is 11.6 Å². The number of rotatable bonds is 9. The van der Waals surface area contributed by atoms with Crippen molar-refractivity contribution in [3.05, 3.63) is 83.7 Å². The fourth-order valence-electron chi connectivity index (χ4n) is 3.28. The summed E-state index contributed by atoms with van der Waals surface area (Å²) in [5.74, 6) is -4.87. The van der Waals surface area contributed by atoms with E-state index in [1.807, 2.05) is 0 Å². The van der Waals surface area contributed by atoms with Crippen LogP contribution < -0.4 is 4.74 Å². The monoisotopic (exact) mass is 493 g/mol. The lowest BCUT2D eigenvalue weighted by Crippen LogP contribution is -2.26. The van der Waals surface area contributed by atoms with E-state index in [-0.39, 0.29) is 22.8 Å². The lowest BCUT2D eigenvalue weighted by Gasteiger charge is -2.19. The molecular weight excluding hydrogens is 471 g/mol. The van der Waals surface area contributed by atoms with E-state index in [2.05, 4.69) is 0 Å². The molecule has 0 heterocycles. The summed E-state index contributed by atoms with van der Waals surface area (Å²) in [5, 5.41) is 8.95. The predicted molar refractivity (Wildman–Crippen MR) is 120 cm³/mol. The van der Waals surface area contributed by atoms with Gasteiger partial charge in [-0.1, -0.05) is 30.3 Å². The van der Waals surface area contributed by atoms with Crippen molar-refractivity contribution in [3.8, 4) is 16.9 Å². The Morgan fingerprint density at radius 1 is 1.06 bits per heavy atom. The molecule has 0 aliphatic rings. The van der Waals surface area contributed by atoms with Crippen LogP contribution in [0.5, 0.6) is 5.75 Å². The van der Waals surface area contributed by atoms with E-state index in [0.717, 1.165) is 23.4 Å². The van der Waals surface area contributed by atoms with Gasteiger partial charge >= 0.3 is 5.97 Å². The normalized spacial score (nSPS) is 12.1. The van der Waals surface area contributed by atoms with Crippen LogP contribution in [-0.4, -0.2) is 37.5 Å². The minimum Gasteiger partial charge on any atom is -0.481 e. The van der Waals surface area contributed by atoms with E-state index in [4.69, 9.17) is 9.84 Å². The molecule has 0 fully saturated rings. The molecule has 0 aliphatic heterocycles. The maximum Gasteiger partial charge on any atom is 0.341 e. The summed E-state index contributed by atoms with van der Waals surface area (Å²) in [4.78, 5) is 10.7. The number of hydrogen-bond donors (Lipinski definition) is 1. The molecule has 3 aromatic rings. The zero-order valence-electron chi connectivity index (χ0n) is 18.3. The zero-order chi connectivity index (χ0) is 25.1. The van der Waals surface area contributed by atoms with Crippen LogP contribution in [0.15, 0.2) is 71.6 Å². The largest absolute Gasteiger partial charge is 0.481 e. The molecule has 0 aromatic heterocycles. The number of carboxylic acid groups (broad SMARTS) is 1. The molecule has 0 unspecified atom stereocenters. The molecule has 0 radical (unpaired) electrons. The minimum atomic E-state index is -4.01. The molecule has 34 heavy (non-hydrogen) atoms. The van der Waals surface area contributed by atoms with E-state index in [9.17, 15) is 26.4 Å². The molecule has 0 spiro atoms. The molecule has 180 valence electrons. The molecule has 3 aromatic carbocycles. The SMILES string of the molecule is CN(Cc1ccc(OCC(=O)O)c(-c2cccc(C(C)(F)F)c2)c1)S(=O)(=O)c1cccc(F)c1. The molecule has 10 heteroatoms. The quantitative estimate of drug-likeness (QED) is 0.459. The molecule has 3 rings (SSSR count). The number of hydrogen-bond acceptors (Lipinski definition) is 4. The highest BCUT2D eigenvalue weighted by Crippen LogP contribution is 2.35. The van der Waals surface area contributed by atoms with Crippen LogP contribution in [0.1, 0.15) is 18.1 Å². The summed E-state index contributed by atoms with van der Waals surface area (Å²) in [6.07, 6.45) is 0. The molecule has 6 nitrogen and oxygen atoms in total. The molecule has 0 saturated heterocycles. The topological polar surface area (TPSA) is 83.9 Å². The Kier molecular flexibility index (Phi) is 7.32. The third kappa shape index (κ3) is 5.95. The average molecular weight is 494 g/mol. The van der Waals surface area contributed by atoms with Crippen LogP contribution in [0.25, 0.3) is 11.1 Å². The van der Waals surface area contributed by atoms with Gasteiger partial charge in [0.25, 0.3) is 5.92 Å². The Balaban J connectivity index is 1.99. The Hall–Kier alpha value is -3.37. The smallest absolute Gasteiger partial charge is 0.341 e. The van der Waals surface area contributed by atoms with Crippen molar-refractivity contribution in [3.63, 3.8) is 0 Å². The highest BCUT2D eigenvalue weighted by molar-refractivity contribution is 7.89. The van der Waals surface area contributed by atoms with Crippen molar-refractivity contribution < 1.29 is 36.2 Å². The van der Waals surface area contributed by atoms with Gasteiger partial charge in [-0.2, -0.15) is 4.31 Å². The van der Waals surface area contributed by atoms with Crippen molar-refractivity contribution >= 4 is 16.0 Å². The van der Waals surface area contributed by atoms with Crippen LogP contribution in [0.3, 0.4) is 0 Å². The second-order valence-electron chi connectivity index (χ2n) is 7.70. The summed E-state index contributed by atoms with van der Waals surface area (Å²) in [7, 11) is -2.68. The second kappa shape index (κ2) is 9.86. The fraction of sp³-hybridized carbons (Fsp3) is 0.208. The fourth-order valence-corrected chi connectivity index (χ4v) is 4.47. The summed E-state index contributed by atoms with van der Waals surface area (Å²) in [6.45, 7) is -0.00484. The first-order valence-corrected chi connectivity index (χ1v) is 11.5. The Morgan fingerprint density at radius 3 is 2.41 bits per heavy atom. The molecule has 0 aliphatic carbocycles. The minimum absolute atomic E-state index is 0.116. The molecule has 0 atom stereocenters. The van der Waals surface area contributed by atoms with Gasteiger partial charge in [0.2, 0.25) is 10.0 Å². The third-order valence-electron chi connectivity index (χ3n) is 4.99. The van der Waals surface area contributed by atoms with E-state index in [1.165, 1.54) is 49.5 Å². The van der Waals surface area contributed by atoms with Crippen LogP contribution >= 0.6 is 0 Å². The number of carboxylic acids is 1. The van der Waals surface area contributed by atoms with Crippen LogP contribution in [0, 0.1) is 5.82 Å². The van der Waals surface area contributed by atoms with Gasteiger partial charge in [-0.05, 0) is 47.5 Å². The Labute approximate surface area is 195 Å². The van der Waals surface area contributed by atoms with Gasteiger partial charge in [-0.15, -0.1) is 0 Å². The van der Waals surface area contributed by atoms with Crippen molar-refractivity contribution in [1.82, 2.24) is 4.31 Å². The lowest BCUT2D eigenvalue weighted by atomic mass is 9.98. The first-order chi connectivity index (χ1) is 15.9. The maximum absolute atomic E-state index is 13.9. The molecule has 1 N–H and O–H groups in total. The Bertz CT molecular complexity index is 1310.